The van der Waals surface area contributed by atoms with Crippen LogP contribution in [0.3, 0.4) is 0 Å². The van der Waals surface area contributed by atoms with Gasteiger partial charge in [0.25, 0.3) is 11.7 Å². The number of carbonyl (C=O) groups excluding carboxylic acids is 1. The van der Waals surface area contributed by atoms with E-state index in [0.717, 1.165) is 31.6 Å². The van der Waals surface area contributed by atoms with Gasteiger partial charge in [-0.3, -0.25) is 14.4 Å². The number of nitrogens with zero attached hydrogens (tertiary/aromatic N) is 5. The maximum absolute atomic E-state index is 12.2. The molecular weight excluding hydrogens is 353 g/mol. The number of aryl methyl sites for hydroxylation is 2. The Kier molecular flexibility index (Phi) is 4.06. The van der Waals surface area contributed by atoms with Crippen LogP contribution in [0.2, 0.25) is 0 Å². The molecule has 124 valence electrons. The van der Waals surface area contributed by atoms with Gasteiger partial charge in [0, 0.05) is 18.4 Å². The van der Waals surface area contributed by atoms with Crippen LogP contribution in [0.1, 0.15) is 24.4 Å². The monoisotopic (exact) mass is 367 g/mol. The van der Waals surface area contributed by atoms with E-state index in [9.17, 15) is 9.59 Å². The number of rotatable bonds is 2. The van der Waals surface area contributed by atoms with Gasteiger partial charge in [-0.15, -0.1) is 11.8 Å². The molecule has 3 aliphatic rings. The average molecular weight is 367 g/mol. The van der Waals surface area contributed by atoms with Crippen LogP contribution >= 0.6 is 11.8 Å². The molecule has 2 aromatic rings. The summed E-state index contributed by atoms with van der Waals surface area (Å²) >= 11 is 1.33. The van der Waals surface area contributed by atoms with E-state index < -0.39 is 5.97 Å². The standard InChI is InChI=1S/C15H13N5O3S.Na.H/c21-12-9(13-20(12)10(7-24-13)14(22)23)5-8-6-19-15(16-8)17-11-3-1-2-4-18(11)19;;/h5-7,13H,1-4H2,(H,22,23);;/b9-5-;;. The minimum absolute atomic E-state index is 0. The number of carboxylic acids is 1. The first kappa shape index (κ1) is 16.9. The molecule has 0 radical (unpaired) electrons. The van der Waals surface area contributed by atoms with Crippen molar-refractivity contribution >= 4 is 65.0 Å². The molecule has 5 heterocycles. The van der Waals surface area contributed by atoms with Crippen molar-refractivity contribution in [2.45, 2.75) is 31.2 Å². The number of amides is 1. The van der Waals surface area contributed by atoms with Crippen molar-refractivity contribution in [2.75, 3.05) is 0 Å². The van der Waals surface area contributed by atoms with Crippen molar-refractivity contribution in [3.63, 3.8) is 0 Å². The number of carbonyl (C=O) groups is 2. The molecule has 1 unspecified atom stereocenters. The summed E-state index contributed by atoms with van der Waals surface area (Å²) in [7, 11) is 0. The molecule has 10 heteroatoms. The number of hydrogen-bond acceptors (Lipinski definition) is 5. The van der Waals surface area contributed by atoms with E-state index in [-0.39, 0.29) is 46.5 Å². The summed E-state index contributed by atoms with van der Waals surface area (Å²) in [6.45, 7) is 0.926. The fourth-order valence-electron chi connectivity index (χ4n) is 3.39. The summed E-state index contributed by atoms with van der Waals surface area (Å²) in [5.41, 5.74) is 1.29. The van der Waals surface area contributed by atoms with Crippen LogP contribution in [0.5, 0.6) is 0 Å². The van der Waals surface area contributed by atoms with Crippen molar-refractivity contribution in [1.29, 1.82) is 0 Å². The van der Waals surface area contributed by atoms with Gasteiger partial charge in [0.2, 0.25) is 0 Å². The number of hydrogen-bond donors (Lipinski definition) is 1. The average Bonchev–Trinajstić information content (AvgIpc) is 3.22. The quantitative estimate of drug-likeness (QED) is 0.471. The number of imidazole rings is 1. The van der Waals surface area contributed by atoms with Gasteiger partial charge in [-0.2, -0.15) is 4.98 Å². The first-order valence-corrected chi connectivity index (χ1v) is 8.66. The van der Waals surface area contributed by atoms with E-state index in [2.05, 4.69) is 14.6 Å². The van der Waals surface area contributed by atoms with E-state index in [1.165, 1.54) is 22.1 Å². The van der Waals surface area contributed by atoms with Crippen molar-refractivity contribution in [1.82, 2.24) is 24.1 Å². The minimum atomic E-state index is -1.08. The first-order valence-electron chi connectivity index (χ1n) is 7.72. The number of fused-ring (bicyclic) bond motifs is 4. The van der Waals surface area contributed by atoms with Gasteiger partial charge in [-0.25, -0.2) is 14.3 Å². The fourth-order valence-corrected chi connectivity index (χ4v) is 4.51. The molecule has 1 atom stereocenters. The van der Waals surface area contributed by atoms with Gasteiger partial charge < -0.3 is 5.11 Å². The molecule has 25 heavy (non-hydrogen) atoms. The SMILES string of the molecule is O=C(O)C1=CSC2/C(=C\c3cn4c(n3)nc3n4CCCC3)C(=O)N12.[NaH]. The van der Waals surface area contributed by atoms with Crippen LogP contribution in [-0.2, 0) is 22.6 Å². The van der Waals surface area contributed by atoms with Crippen molar-refractivity contribution in [3.8, 4) is 0 Å². The Labute approximate surface area is 168 Å². The van der Waals surface area contributed by atoms with E-state index in [0.29, 0.717) is 17.0 Å². The van der Waals surface area contributed by atoms with E-state index in [1.807, 2.05) is 10.7 Å². The van der Waals surface area contributed by atoms with Crippen LogP contribution in [0, 0.1) is 0 Å². The van der Waals surface area contributed by atoms with Crippen LogP contribution in [0.25, 0.3) is 11.9 Å². The Morgan fingerprint density at radius 2 is 2.20 bits per heavy atom. The van der Waals surface area contributed by atoms with Gasteiger partial charge in [-0.05, 0) is 18.9 Å². The molecule has 1 saturated heterocycles. The Bertz CT molecular complexity index is 975. The predicted molar refractivity (Wildman–Crippen MR) is 93.0 cm³/mol. The molecule has 2 aromatic heterocycles. The zero-order valence-corrected chi connectivity index (χ0v) is 13.4. The maximum atomic E-state index is 12.2. The summed E-state index contributed by atoms with van der Waals surface area (Å²) < 4.78 is 4.06. The van der Waals surface area contributed by atoms with Gasteiger partial charge in [0.15, 0.2) is 0 Å². The number of β-lactam (4-membered cyclic amide) rings is 1. The van der Waals surface area contributed by atoms with Crippen LogP contribution < -0.4 is 0 Å². The van der Waals surface area contributed by atoms with Crippen molar-refractivity contribution in [3.05, 3.63) is 34.4 Å². The van der Waals surface area contributed by atoms with Crippen molar-refractivity contribution < 1.29 is 14.7 Å². The first-order chi connectivity index (χ1) is 11.6. The van der Waals surface area contributed by atoms with Gasteiger partial charge in [0.1, 0.15) is 16.9 Å². The molecular formula is C15H14N5NaO3S. The Hall–Kier alpha value is -1.55. The molecule has 3 aliphatic heterocycles. The van der Waals surface area contributed by atoms with Gasteiger partial charge in [0.05, 0.1) is 17.5 Å². The molecule has 5 rings (SSSR count). The van der Waals surface area contributed by atoms with Crippen LogP contribution in [0.15, 0.2) is 22.9 Å². The summed E-state index contributed by atoms with van der Waals surface area (Å²) in [6, 6.07) is 0. The summed E-state index contributed by atoms with van der Waals surface area (Å²) in [4.78, 5) is 33.7. The number of thioether (sulfide) groups is 1. The summed E-state index contributed by atoms with van der Waals surface area (Å²) in [5, 5.41) is 10.3. The Balaban J connectivity index is 0.00000157. The number of aliphatic carboxylic acids is 1. The Morgan fingerprint density at radius 3 is 3.00 bits per heavy atom. The van der Waals surface area contributed by atoms with Crippen LogP contribution in [0.4, 0.5) is 0 Å². The third-order valence-electron chi connectivity index (χ3n) is 4.55. The summed E-state index contributed by atoms with van der Waals surface area (Å²) in [6.07, 6.45) is 6.86. The molecule has 1 amide bonds. The van der Waals surface area contributed by atoms with E-state index in [1.54, 1.807) is 6.08 Å². The van der Waals surface area contributed by atoms with E-state index in [4.69, 9.17) is 5.11 Å². The molecule has 0 bridgehead atoms. The topological polar surface area (TPSA) is 92.7 Å². The summed E-state index contributed by atoms with van der Waals surface area (Å²) in [5.74, 6) is 0.348. The number of aromatic nitrogens is 4. The number of carboxylic acid groups (broad SMARTS) is 1. The zero-order chi connectivity index (χ0) is 16.4. The van der Waals surface area contributed by atoms with Crippen LogP contribution in [-0.4, -0.2) is 76.0 Å². The Morgan fingerprint density at radius 1 is 1.36 bits per heavy atom. The second-order valence-corrected chi connectivity index (χ2v) is 6.94. The molecule has 0 aliphatic carbocycles. The van der Waals surface area contributed by atoms with Gasteiger partial charge >= 0.3 is 35.5 Å². The van der Waals surface area contributed by atoms with Gasteiger partial charge in [-0.1, -0.05) is 0 Å². The zero-order valence-electron chi connectivity index (χ0n) is 12.5. The molecule has 0 aromatic carbocycles. The molecule has 1 fully saturated rings. The normalized spacial score (nSPS) is 23.1. The molecule has 0 spiro atoms. The molecule has 0 saturated carbocycles. The predicted octanol–water partition coefficient (Wildman–Crippen LogP) is 0.443. The molecule has 8 nitrogen and oxygen atoms in total. The third-order valence-corrected chi connectivity index (χ3v) is 5.63. The van der Waals surface area contributed by atoms with E-state index >= 15 is 0 Å². The molecule has 1 N–H and O–H groups in total. The second kappa shape index (κ2) is 6.01. The van der Waals surface area contributed by atoms with Crippen molar-refractivity contribution in [2.24, 2.45) is 0 Å². The third kappa shape index (κ3) is 2.41. The fraction of sp³-hybridized carbons (Fsp3) is 0.333. The second-order valence-electron chi connectivity index (χ2n) is 5.99.